The Morgan fingerprint density at radius 1 is 0.906 bits per heavy atom. The highest BCUT2D eigenvalue weighted by Gasteiger charge is 2.08. The second-order valence-corrected chi connectivity index (χ2v) is 8.04. The molecule has 2 N–H and O–H groups in total. The molecule has 0 fully saturated rings. The Kier molecular flexibility index (Phi) is 9.41. The van der Waals surface area contributed by atoms with Gasteiger partial charge in [0.05, 0.1) is 7.11 Å². The van der Waals surface area contributed by atoms with Gasteiger partial charge >= 0.3 is 6.03 Å². The van der Waals surface area contributed by atoms with E-state index in [9.17, 15) is 4.79 Å². The van der Waals surface area contributed by atoms with E-state index in [1.807, 2.05) is 54.6 Å². The first-order valence-corrected chi connectivity index (χ1v) is 11.2. The number of ether oxygens (including phenoxy) is 1. The normalized spacial score (nSPS) is 10.7. The number of carbonyl (C=O) groups excluding carboxylic acids is 1. The lowest BCUT2D eigenvalue weighted by molar-refractivity contribution is 0.247. The first kappa shape index (κ1) is 23.6. The van der Waals surface area contributed by atoms with Gasteiger partial charge in [-0.1, -0.05) is 54.1 Å². The lowest BCUT2D eigenvalue weighted by Crippen LogP contribution is -2.33. The Morgan fingerprint density at radius 3 is 2.28 bits per heavy atom. The highest BCUT2D eigenvalue weighted by molar-refractivity contribution is 6.30. The summed E-state index contributed by atoms with van der Waals surface area (Å²) in [6.45, 7) is 3.25. The van der Waals surface area contributed by atoms with E-state index in [0.717, 1.165) is 48.9 Å². The number of para-hydroxylation sites is 1. The number of methoxy groups -OCH3 is 1. The maximum absolute atomic E-state index is 12.1. The molecule has 0 spiro atoms. The van der Waals surface area contributed by atoms with Crippen LogP contribution in [-0.4, -0.2) is 37.7 Å². The predicted octanol–water partition coefficient (Wildman–Crippen LogP) is 5.61. The molecule has 0 aliphatic carbocycles. The summed E-state index contributed by atoms with van der Waals surface area (Å²) < 4.78 is 5.26. The van der Waals surface area contributed by atoms with Crippen LogP contribution in [0.4, 0.5) is 10.5 Å². The summed E-state index contributed by atoms with van der Waals surface area (Å²) in [4.78, 5) is 14.5. The van der Waals surface area contributed by atoms with Crippen LogP contribution in [0.1, 0.15) is 17.5 Å². The van der Waals surface area contributed by atoms with Gasteiger partial charge in [0.15, 0.2) is 0 Å². The number of anilines is 1. The molecule has 3 aromatic carbocycles. The van der Waals surface area contributed by atoms with Gasteiger partial charge in [-0.15, -0.1) is 0 Å². The molecule has 3 rings (SSSR count). The molecular formula is C26H30ClN3O2. The zero-order valence-corrected chi connectivity index (χ0v) is 19.1. The van der Waals surface area contributed by atoms with Crippen LogP contribution in [0.25, 0.3) is 0 Å². The lowest BCUT2D eigenvalue weighted by Gasteiger charge is -2.23. The second-order valence-electron chi connectivity index (χ2n) is 7.60. The zero-order valence-electron chi connectivity index (χ0n) is 18.4. The SMILES string of the molecule is COc1ccc(CN(CCCNC(=O)Nc2ccccc2)CCc2ccc(Cl)cc2)cc1. The van der Waals surface area contributed by atoms with Gasteiger partial charge in [-0.3, -0.25) is 4.90 Å². The summed E-state index contributed by atoms with van der Waals surface area (Å²) in [5.74, 6) is 0.857. The number of halogens is 1. The number of amides is 2. The van der Waals surface area contributed by atoms with Crippen molar-refractivity contribution in [3.63, 3.8) is 0 Å². The van der Waals surface area contributed by atoms with E-state index in [4.69, 9.17) is 16.3 Å². The smallest absolute Gasteiger partial charge is 0.319 e. The Hall–Kier alpha value is -3.02. The molecule has 5 nitrogen and oxygen atoms in total. The van der Waals surface area contributed by atoms with Crippen LogP contribution in [-0.2, 0) is 13.0 Å². The Balaban J connectivity index is 1.49. The molecular weight excluding hydrogens is 422 g/mol. The number of nitrogens with one attached hydrogen (secondary N) is 2. The predicted molar refractivity (Wildman–Crippen MR) is 132 cm³/mol. The minimum Gasteiger partial charge on any atom is -0.497 e. The topological polar surface area (TPSA) is 53.6 Å². The monoisotopic (exact) mass is 451 g/mol. The first-order valence-electron chi connectivity index (χ1n) is 10.8. The minimum absolute atomic E-state index is 0.181. The van der Waals surface area contributed by atoms with Gasteiger partial charge in [-0.25, -0.2) is 4.79 Å². The van der Waals surface area contributed by atoms with Crippen LogP contribution in [0, 0.1) is 0 Å². The maximum atomic E-state index is 12.1. The molecule has 0 heterocycles. The third-order valence-electron chi connectivity index (χ3n) is 5.16. The Labute approximate surface area is 195 Å². The number of urea groups is 1. The summed E-state index contributed by atoms with van der Waals surface area (Å²) in [5.41, 5.74) is 3.28. The van der Waals surface area contributed by atoms with Gasteiger partial charge in [0.1, 0.15) is 5.75 Å². The van der Waals surface area contributed by atoms with Crippen molar-refractivity contribution in [2.45, 2.75) is 19.4 Å². The lowest BCUT2D eigenvalue weighted by atomic mass is 10.1. The average Bonchev–Trinajstić information content (AvgIpc) is 2.82. The fourth-order valence-corrected chi connectivity index (χ4v) is 3.52. The van der Waals surface area contributed by atoms with E-state index in [2.05, 4.69) is 39.8 Å². The van der Waals surface area contributed by atoms with Crippen LogP contribution in [0.5, 0.6) is 5.75 Å². The molecule has 0 aliphatic heterocycles. The van der Waals surface area contributed by atoms with Gasteiger partial charge in [0, 0.05) is 36.9 Å². The maximum Gasteiger partial charge on any atom is 0.319 e. The molecule has 0 aliphatic rings. The van der Waals surface area contributed by atoms with Crippen molar-refractivity contribution in [1.82, 2.24) is 10.2 Å². The number of hydrogen-bond acceptors (Lipinski definition) is 3. The first-order chi connectivity index (χ1) is 15.6. The van der Waals surface area contributed by atoms with Crippen molar-refractivity contribution in [2.24, 2.45) is 0 Å². The van der Waals surface area contributed by atoms with E-state index in [1.54, 1.807) is 7.11 Å². The van der Waals surface area contributed by atoms with Crippen LogP contribution in [0.15, 0.2) is 78.9 Å². The average molecular weight is 452 g/mol. The largest absolute Gasteiger partial charge is 0.497 e. The van der Waals surface area contributed by atoms with Gasteiger partial charge in [-0.05, 0) is 60.4 Å². The van der Waals surface area contributed by atoms with E-state index in [-0.39, 0.29) is 6.03 Å². The molecule has 0 aromatic heterocycles. The summed E-state index contributed by atoms with van der Waals surface area (Å²) in [6, 6.07) is 25.4. The molecule has 0 atom stereocenters. The van der Waals surface area contributed by atoms with E-state index < -0.39 is 0 Å². The summed E-state index contributed by atoms with van der Waals surface area (Å²) >= 11 is 6.01. The summed E-state index contributed by atoms with van der Waals surface area (Å²) in [7, 11) is 1.67. The number of carbonyl (C=O) groups is 1. The third-order valence-corrected chi connectivity index (χ3v) is 5.42. The van der Waals surface area contributed by atoms with Gasteiger partial charge in [-0.2, -0.15) is 0 Å². The molecule has 32 heavy (non-hydrogen) atoms. The van der Waals surface area contributed by atoms with Gasteiger partial charge in [0.25, 0.3) is 0 Å². The summed E-state index contributed by atoms with van der Waals surface area (Å²) in [6.07, 6.45) is 1.80. The number of benzene rings is 3. The summed E-state index contributed by atoms with van der Waals surface area (Å²) in [5, 5.41) is 6.54. The highest BCUT2D eigenvalue weighted by atomic mass is 35.5. The molecule has 3 aromatic rings. The fraction of sp³-hybridized carbons (Fsp3) is 0.269. The quantitative estimate of drug-likeness (QED) is 0.373. The molecule has 2 amide bonds. The molecule has 0 radical (unpaired) electrons. The molecule has 0 saturated carbocycles. The van der Waals surface area contributed by atoms with Gasteiger partial charge in [0.2, 0.25) is 0 Å². The van der Waals surface area contributed by atoms with Crippen LogP contribution < -0.4 is 15.4 Å². The Morgan fingerprint density at radius 2 is 1.59 bits per heavy atom. The highest BCUT2D eigenvalue weighted by Crippen LogP contribution is 2.15. The molecule has 0 saturated heterocycles. The zero-order chi connectivity index (χ0) is 22.6. The van der Waals surface area contributed by atoms with E-state index >= 15 is 0 Å². The molecule has 0 unspecified atom stereocenters. The Bertz CT molecular complexity index is 947. The molecule has 168 valence electrons. The van der Waals surface area contributed by atoms with Crippen molar-refractivity contribution in [1.29, 1.82) is 0 Å². The molecule has 6 heteroatoms. The van der Waals surface area contributed by atoms with Crippen LogP contribution in [0.2, 0.25) is 5.02 Å². The molecule has 0 bridgehead atoms. The third kappa shape index (κ3) is 8.25. The standard InChI is InChI=1S/C26H30ClN3O2/c1-32-25-14-10-22(11-15-25)20-30(19-16-21-8-12-23(27)13-9-21)18-5-17-28-26(31)29-24-6-3-2-4-7-24/h2-4,6-15H,5,16-20H2,1H3,(H2,28,29,31). The van der Waals surface area contributed by atoms with Crippen LogP contribution in [0.3, 0.4) is 0 Å². The minimum atomic E-state index is -0.181. The number of rotatable bonds is 11. The van der Waals surface area contributed by atoms with E-state index in [1.165, 1.54) is 11.1 Å². The van der Waals surface area contributed by atoms with E-state index in [0.29, 0.717) is 6.54 Å². The number of nitrogens with zero attached hydrogens (tertiary/aromatic N) is 1. The van der Waals surface area contributed by atoms with Crippen molar-refractivity contribution < 1.29 is 9.53 Å². The van der Waals surface area contributed by atoms with Crippen molar-refractivity contribution >= 4 is 23.3 Å². The van der Waals surface area contributed by atoms with Crippen molar-refractivity contribution in [2.75, 3.05) is 32.1 Å². The second kappa shape index (κ2) is 12.7. The van der Waals surface area contributed by atoms with Crippen molar-refractivity contribution in [3.8, 4) is 5.75 Å². The van der Waals surface area contributed by atoms with Crippen molar-refractivity contribution in [3.05, 3.63) is 95.0 Å². The van der Waals surface area contributed by atoms with Gasteiger partial charge < -0.3 is 15.4 Å². The number of hydrogen-bond donors (Lipinski definition) is 2. The fourth-order valence-electron chi connectivity index (χ4n) is 3.40. The van der Waals surface area contributed by atoms with Crippen LogP contribution >= 0.6 is 11.6 Å².